The van der Waals surface area contributed by atoms with Gasteiger partial charge in [-0.25, -0.2) is 4.79 Å². The third kappa shape index (κ3) is 1.98. The highest BCUT2D eigenvalue weighted by Crippen LogP contribution is 2.20. The summed E-state index contributed by atoms with van der Waals surface area (Å²) >= 11 is 2.18. The molecule has 1 N–H and O–H groups in total. The van der Waals surface area contributed by atoms with Crippen molar-refractivity contribution in [3.05, 3.63) is 55.8 Å². The first-order valence-corrected chi connectivity index (χ1v) is 7.02. The molecule has 4 nitrogen and oxygen atoms in total. The molecule has 0 atom stereocenters. The Morgan fingerprint density at radius 1 is 1.20 bits per heavy atom. The number of nitrogens with one attached hydrogen (secondary N) is 1. The van der Waals surface area contributed by atoms with Gasteiger partial charge in [0.2, 0.25) is 0 Å². The van der Waals surface area contributed by atoms with Crippen molar-refractivity contribution in [3.63, 3.8) is 0 Å². The van der Waals surface area contributed by atoms with E-state index in [1.54, 1.807) is 24.3 Å². The van der Waals surface area contributed by atoms with Crippen LogP contribution in [0, 0.1) is 3.57 Å². The van der Waals surface area contributed by atoms with E-state index in [1.807, 2.05) is 12.1 Å². The molecule has 0 radical (unpaired) electrons. The lowest BCUT2D eigenvalue weighted by molar-refractivity contribution is 0.0603. The second-order valence-corrected chi connectivity index (χ2v) is 5.61. The molecule has 0 amide bonds. The number of hydrogen-bond donors (Lipinski definition) is 1. The predicted molar refractivity (Wildman–Crippen MR) is 86.1 cm³/mol. The van der Waals surface area contributed by atoms with Crippen molar-refractivity contribution in [2.75, 3.05) is 7.11 Å². The van der Waals surface area contributed by atoms with Crippen molar-refractivity contribution in [2.24, 2.45) is 0 Å². The van der Waals surface area contributed by atoms with Crippen LogP contribution in [-0.4, -0.2) is 18.1 Å². The Morgan fingerprint density at radius 2 is 2.00 bits per heavy atom. The van der Waals surface area contributed by atoms with Crippen LogP contribution in [0.5, 0.6) is 0 Å². The average molecular weight is 379 g/mol. The zero-order valence-corrected chi connectivity index (χ0v) is 12.7. The van der Waals surface area contributed by atoms with E-state index in [0.717, 1.165) is 3.57 Å². The van der Waals surface area contributed by atoms with Gasteiger partial charge in [0.25, 0.3) is 0 Å². The maximum Gasteiger partial charge on any atom is 0.339 e. The summed E-state index contributed by atoms with van der Waals surface area (Å²) in [5.74, 6) is -0.462. The zero-order valence-electron chi connectivity index (χ0n) is 10.6. The number of esters is 1. The molecule has 0 saturated heterocycles. The van der Waals surface area contributed by atoms with Crippen LogP contribution in [0.15, 0.2) is 41.2 Å². The van der Waals surface area contributed by atoms with E-state index in [1.165, 1.54) is 7.11 Å². The summed E-state index contributed by atoms with van der Waals surface area (Å²) in [5.41, 5.74) is 1.50. The molecule has 0 fully saturated rings. The Bertz CT molecular complexity index is 899. The number of carbonyl (C=O) groups excluding carboxylic acids is 1. The van der Waals surface area contributed by atoms with Gasteiger partial charge in [-0.1, -0.05) is 6.07 Å². The van der Waals surface area contributed by atoms with E-state index < -0.39 is 5.97 Å². The fourth-order valence-electron chi connectivity index (χ4n) is 2.25. The Balaban J connectivity index is 2.50. The Morgan fingerprint density at radius 3 is 2.75 bits per heavy atom. The van der Waals surface area contributed by atoms with E-state index >= 15 is 0 Å². The molecule has 0 aliphatic rings. The fraction of sp³-hybridized carbons (Fsp3) is 0.0667. The van der Waals surface area contributed by atoms with E-state index in [0.29, 0.717) is 27.4 Å². The molecule has 0 spiro atoms. The van der Waals surface area contributed by atoms with Crippen molar-refractivity contribution in [2.45, 2.75) is 0 Å². The largest absolute Gasteiger partial charge is 0.465 e. The molecule has 0 aliphatic heterocycles. The summed E-state index contributed by atoms with van der Waals surface area (Å²) in [6, 6.07) is 10.6. The summed E-state index contributed by atoms with van der Waals surface area (Å²) in [6.07, 6.45) is 0. The Hall–Kier alpha value is -1.89. The van der Waals surface area contributed by atoms with E-state index in [2.05, 4.69) is 27.6 Å². The summed E-state index contributed by atoms with van der Waals surface area (Å²) in [4.78, 5) is 27.5. The van der Waals surface area contributed by atoms with Gasteiger partial charge in [0, 0.05) is 14.3 Å². The van der Waals surface area contributed by atoms with Crippen LogP contribution in [-0.2, 0) is 4.74 Å². The lowest BCUT2D eigenvalue weighted by Gasteiger charge is -2.07. The number of fused-ring (bicyclic) bond motifs is 2. The zero-order chi connectivity index (χ0) is 14.3. The third-order valence-electron chi connectivity index (χ3n) is 3.20. The Kier molecular flexibility index (Phi) is 3.21. The average Bonchev–Trinajstić information content (AvgIpc) is 2.46. The summed E-state index contributed by atoms with van der Waals surface area (Å²) in [5, 5.41) is 1.10. The van der Waals surface area contributed by atoms with Gasteiger partial charge in [-0.15, -0.1) is 0 Å². The number of hydrogen-bond acceptors (Lipinski definition) is 3. The van der Waals surface area contributed by atoms with Gasteiger partial charge in [-0.3, -0.25) is 4.79 Å². The lowest BCUT2D eigenvalue weighted by Crippen LogP contribution is -2.09. The van der Waals surface area contributed by atoms with Gasteiger partial charge in [-0.05, 0) is 52.9 Å². The number of para-hydroxylation sites is 1. The first kappa shape index (κ1) is 13.1. The van der Waals surface area contributed by atoms with Crippen molar-refractivity contribution >= 4 is 50.4 Å². The molecular weight excluding hydrogens is 369 g/mol. The monoisotopic (exact) mass is 379 g/mol. The first-order valence-electron chi connectivity index (χ1n) is 5.94. The minimum atomic E-state index is -0.462. The van der Waals surface area contributed by atoms with Crippen LogP contribution in [0.4, 0.5) is 0 Å². The molecule has 5 heteroatoms. The predicted octanol–water partition coefficient (Wildman–Crippen LogP) is 3.07. The number of H-pyrrole nitrogens is 1. The summed E-state index contributed by atoms with van der Waals surface area (Å²) < 4.78 is 5.77. The molecule has 3 aromatic rings. The van der Waals surface area contributed by atoms with Gasteiger partial charge >= 0.3 is 5.97 Å². The van der Waals surface area contributed by atoms with Crippen molar-refractivity contribution in [1.82, 2.24) is 4.98 Å². The van der Waals surface area contributed by atoms with Crippen LogP contribution in [0.2, 0.25) is 0 Å². The fourth-order valence-corrected chi connectivity index (χ4v) is 2.75. The molecule has 0 unspecified atom stereocenters. The van der Waals surface area contributed by atoms with Crippen molar-refractivity contribution < 1.29 is 9.53 Å². The molecule has 3 rings (SSSR count). The van der Waals surface area contributed by atoms with Crippen LogP contribution in [0.25, 0.3) is 21.8 Å². The highest BCUT2D eigenvalue weighted by molar-refractivity contribution is 14.1. The van der Waals surface area contributed by atoms with Gasteiger partial charge in [0.1, 0.15) is 0 Å². The highest BCUT2D eigenvalue weighted by atomic mass is 127. The summed E-state index contributed by atoms with van der Waals surface area (Å²) in [7, 11) is 1.32. The highest BCUT2D eigenvalue weighted by Gasteiger charge is 2.14. The summed E-state index contributed by atoms with van der Waals surface area (Å²) in [6.45, 7) is 0. The lowest BCUT2D eigenvalue weighted by atomic mass is 10.1. The van der Waals surface area contributed by atoms with E-state index in [4.69, 9.17) is 4.74 Å². The van der Waals surface area contributed by atoms with E-state index in [9.17, 15) is 9.59 Å². The molecule has 0 saturated carbocycles. The third-order valence-corrected chi connectivity index (χ3v) is 3.87. The van der Waals surface area contributed by atoms with Crippen LogP contribution >= 0.6 is 22.6 Å². The number of aromatic amines is 1. The number of ether oxygens (including phenoxy) is 1. The number of benzene rings is 2. The maximum atomic E-state index is 12.5. The van der Waals surface area contributed by atoms with Gasteiger partial charge < -0.3 is 9.72 Å². The Labute approximate surface area is 127 Å². The topological polar surface area (TPSA) is 59.2 Å². The molecule has 20 heavy (non-hydrogen) atoms. The number of methoxy groups -OCH3 is 1. The standard InChI is InChI=1S/C15H10INO3/c1-20-15(19)11-4-2-3-10-13(11)17-12-7-8(16)5-6-9(12)14(10)18/h2-7H,1H3,(H,17,18). The van der Waals surface area contributed by atoms with E-state index in [-0.39, 0.29) is 5.43 Å². The normalized spacial score (nSPS) is 10.9. The SMILES string of the molecule is COC(=O)c1cccc2c(=O)c3ccc(I)cc3[nH]c12. The molecule has 1 aromatic heterocycles. The number of halogens is 1. The molecular formula is C15H10INO3. The smallest absolute Gasteiger partial charge is 0.339 e. The number of rotatable bonds is 1. The molecule has 0 bridgehead atoms. The number of aromatic nitrogens is 1. The minimum Gasteiger partial charge on any atom is -0.465 e. The van der Waals surface area contributed by atoms with Crippen molar-refractivity contribution in [1.29, 1.82) is 0 Å². The van der Waals surface area contributed by atoms with Crippen molar-refractivity contribution in [3.8, 4) is 0 Å². The van der Waals surface area contributed by atoms with Crippen LogP contribution < -0.4 is 5.43 Å². The number of pyridine rings is 1. The van der Waals surface area contributed by atoms with Crippen LogP contribution in [0.3, 0.4) is 0 Å². The first-order chi connectivity index (χ1) is 9.61. The van der Waals surface area contributed by atoms with Gasteiger partial charge in [0.05, 0.1) is 23.7 Å². The molecule has 1 heterocycles. The molecule has 2 aromatic carbocycles. The van der Waals surface area contributed by atoms with Crippen LogP contribution in [0.1, 0.15) is 10.4 Å². The molecule has 0 aliphatic carbocycles. The van der Waals surface area contributed by atoms with Gasteiger partial charge in [-0.2, -0.15) is 0 Å². The molecule has 100 valence electrons. The second-order valence-electron chi connectivity index (χ2n) is 4.36. The minimum absolute atomic E-state index is 0.0871. The quantitative estimate of drug-likeness (QED) is 0.402. The second kappa shape index (κ2) is 4.90. The van der Waals surface area contributed by atoms with Gasteiger partial charge in [0.15, 0.2) is 5.43 Å². The number of carbonyl (C=O) groups is 1. The maximum absolute atomic E-state index is 12.5.